The molecule has 1 N–H and O–H groups in total. The van der Waals surface area contributed by atoms with Crippen LogP contribution in [0.5, 0.6) is 0 Å². The molecule has 5 rings (SSSR count). The molecule has 6 nitrogen and oxygen atoms in total. The van der Waals surface area contributed by atoms with Crippen LogP contribution in [-0.4, -0.2) is 25.2 Å². The van der Waals surface area contributed by atoms with Gasteiger partial charge in [0.2, 0.25) is 0 Å². The molecule has 2 aromatic heterocycles. The highest BCUT2D eigenvalue weighted by atomic mass is 79.9. The predicted molar refractivity (Wildman–Crippen MR) is 127 cm³/mol. The molecule has 0 bridgehead atoms. The summed E-state index contributed by atoms with van der Waals surface area (Å²) in [6, 6.07) is 16.3. The van der Waals surface area contributed by atoms with Gasteiger partial charge in [-0.05, 0) is 55.0 Å². The molecule has 7 heteroatoms. The van der Waals surface area contributed by atoms with Gasteiger partial charge in [-0.25, -0.2) is 9.67 Å². The lowest BCUT2D eigenvalue weighted by Gasteiger charge is -2.14. The topological polar surface area (TPSA) is 64.7 Å². The van der Waals surface area contributed by atoms with Gasteiger partial charge in [0.1, 0.15) is 0 Å². The second-order valence-electron chi connectivity index (χ2n) is 8.11. The molecule has 1 amide bonds. The van der Waals surface area contributed by atoms with E-state index < -0.39 is 0 Å². The summed E-state index contributed by atoms with van der Waals surface area (Å²) in [4.78, 5) is 17.2. The molecule has 2 aromatic carbocycles. The Balaban J connectivity index is 1.35. The van der Waals surface area contributed by atoms with Crippen molar-refractivity contribution in [3.05, 3.63) is 99.8 Å². The molecule has 0 spiro atoms. The maximum atomic E-state index is 13.1. The first-order valence-corrected chi connectivity index (χ1v) is 11.6. The molecular weight excluding hydrogens is 466 g/mol. The van der Waals surface area contributed by atoms with Crippen molar-refractivity contribution in [3.8, 4) is 5.69 Å². The maximum absolute atomic E-state index is 13.1. The molecule has 0 saturated heterocycles. The summed E-state index contributed by atoms with van der Waals surface area (Å²) in [5.74, 6) is -0.114. The number of carbonyl (C=O) groups is 1. The number of imidazole rings is 1. The summed E-state index contributed by atoms with van der Waals surface area (Å²) in [6.45, 7) is 1.22. The van der Waals surface area contributed by atoms with E-state index in [1.807, 2.05) is 51.8 Å². The van der Waals surface area contributed by atoms with Gasteiger partial charge in [-0.15, -0.1) is 0 Å². The van der Waals surface area contributed by atoms with Crippen LogP contribution in [0.25, 0.3) is 5.69 Å². The third-order valence-corrected chi connectivity index (χ3v) is 6.31. The van der Waals surface area contributed by atoms with Crippen LogP contribution in [0, 0.1) is 0 Å². The number of benzene rings is 2. The summed E-state index contributed by atoms with van der Waals surface area (Å²) in [5, 5.41) is 7.84. The standard InChI is InChI=1S/C25H24BrN5O/c26-20-7-4-8-21(14-20)31-23-10-2-1-9-22(23)24(29-31)25(32)28-15-18-5-3-6-19(13-18)16-30-12-11-27-17-30/h3-8,11-14,17H,1-2,9-10,15-16H2,(H,28,32). The molecule has 1 aliphatic rings. The van der Waals surface area contributed by atoms with E-state index in [1.54, 1.807) is 12.5 Å². The van der Waals surface area contributed by atoms with Crippen LogP contribution in [0.2, 0.25) is 0 Å². The van der Waals surface area contributed by atoms with Crippen molar-refractivity contribution in [2.24, 2.45) is 0 Å². The lowest BCUT2D eigenvalue weighted by atomic mass is 9.95. The third kappa shape index (κ3) is 4.39. The van der Waals surface area contributed by atoms with E-state index in [2.05, 4.69) is 38.4 Å². The minimum Gasteiger partial charge on any atom is -0.347 e. The van der Waals surface area contributed by atoms with Gasteiger partial charge >= 0.3 is 0 Å². The first kappa shape index (κ1) is 20.7. The minimum absolute atomic E-state index is 0.114. The Kier molecular flexibility index (Phi) is 5.90. The molecule has 0 unspecified atom stereocenters. The van der Waals surface area contributed by atoms with E-state index in [1.165, 1.54) is 5.56 Å². The summed E-state index contributed by atoms with van der Waals surface area (Å²) in [5.41, 5.74) is 6.00. The van der Waals surface area contributed by atoms with Crippen molar-refractivity contribution in [1.29, 1.82) is 0 Å². The van der Waals surface area contributed by atoms with E-state index in [9.17, 15) is 4.79 Å². The SMILES string of the molecule is O=C(NCc1cccc(Cn2ccnc2)c1)c1nn(-c2cccc(Br)c2)c2c1CCCC2. The fourth-order valence-electron chi connectivity index (χ4n) is 4.30. The van der Waals surface area contributed by atoms with Gasteiger partial charge in [-0.3, -0.25) is 4.79 Å². The predicted octanol–water partition coefficient (Wildman–Crippen LogP) is 4.69. The Morgan fingerprint density at radius 2 is 1.91 bits per heavy atom. The summed E-state index contributed by atoms with van der Waals surface area (Å²) in [6.07, 6.45) is 9.58. The largest absolute Gasteiger partial charge is 0.347 e. The van der Waals surface area contributed by atoms with Crippen molar-refractivity contribution in [3.63, 3.8) is 0 Å². The zero-order valence-electron chi connectivity index (χ0n) is 17.7. The summed E-state index contributed by atoms with van der Waals surface area (Å²) in [7, 11) is 0. The number of aromatic nitrogens is 4. The van der Waals surface area contributed by atoms with Crippen LogP contribution in [0.1, 0.15) is 45.7 Å². The third-order valence-electron chi connectivity index (χ3n) is 5.82. The molecule has 0 atom stereocenters. The van der Waals surface area contributed by atoms with E-state index >= 15 is 0 Å². The normalized spacial score (nSPS) is 13.0. The van der Waals surface area contributed by atoms with Crippen molar-refractivity contribution in [2.45, 2.75) is 38.8 Å². The molecule has 0 saturated carbocycles. The van der Waals surface area contributed by atoms with Gasteiger partial charge < -0.3 is 9.88 Å². The van der Waals surface area contributed by atoms with E-state index in [-0.39, 0.29) is 5.91 Å². The molecule has 2 heterocycles. The maximum Gasteiger partial charge on any atom is 0.272 e. The summed E-state index contributed by atoms with van der Waals surface area (Å²) < 4.78 is 4.97. The van der Waals surface area contributed by atoms with Gasteiger partial charge in [0.05, 0.1) is 12.0 Å². The van der Waals surface area contributed by atoms with E-state index in [4.69, 9.17) is 5.10 Å². The average molecular weight is 490 g/mol. The van der Waals surface area contributed by atoms with Gasteiger partial charge in [-0.2, -0.15) is 5.10 Å². The second-order valence-corrected chi connectivity index (χ2v) is 9.03. The van der Waals surface area contributed by atoms with Crippen LogP contribution < -0.4 is 5.32 Å². The van der Waals surface area contributed by atoms with Crippen LogP contribution >= 0.6 is 15.9 Å². The number of fused-ring (bicyclic) bond motifs is 1. The van der Waals surface area contributed by atoms with Gasteiger partial charge in [-0.1, -0.05) is 46.3 Å². The minimum atomic E-state index is -0.114. The molecule has 0 radical (unpaired) electrons. The van der Waals surface area contributed by atoms with Crippen LogP contribution in [0.3, 0.4) is 0 Å². The first-order chi connectivity index (χ1) is 15.7. The van der Waals surface area contributed by atoms with Crippen molar-refractivity contribution in [2.75, 3.05) is 0 Å². The number of amides is 1. The highest BCUT2D eigenvalue weighted by Crippen LogP contribution is 2.28. The van der Waals surface area contributed by atoms with Crippen molar-refractivity contribution < 1.29 is 4.79 Å². The lowest BCUT2D eigenvalue weighted by molar-refractivity contribution is 0.0944. The Labute approximate surface area is 195 Å². The van der Waals surface area contributed by atoms with Gasteiger partial charge in [0.25, 0.3) is 5.91 Å². The zero-order chi connectivity index (χ0) is 21.9. The summed E-state index contributed by atoms with van der Waals surface area (Å²) >= 11 is 3.54. The number of hydrogen-bond donors (Lipinski definition) is 1. The molecule has 1 aliphatic carbocycles. The second kappa shape index (κ2) is 9.12. The Bertz CT molecular complexity index is 1250. The van der Waals surface area contributed by atoms with E-state index in [0.29, 0.717) is 12.2 Å². The fraction of sp³-hybridized carbons (Fsp3) is 0.240. The van der Waals surface area contributed by atoms with Gasteiger partial charge in [0, 0.05) is 41.2 Å². The quantitative estimate of drug-likeness (QED) is 0.427. The Hall–Kier alpha value is -3.19. The first-order valence-electron chi connectivity index (χ1n) is 10.9. The van der Waals surface area contributed by atoms with Crippen LogP contribution in [0.15, 0.2) is 71.7 Å². The van der Waals surface area contributed by atoms with E-state index in [0.717, 1.165) is 59.2 Å². The van der Waals surface area contributed by atoms with Gasteiger partial charge in [0.15, 0.2) is 5.69 Å². The Morgan fingerprint density at radius 1 is 1.06 bits per heavy atom. The Morgan fingerprint density at radius 3 is 2.75 bits per heavy atom. The smallest absolute Gasteiger partial charge is 0.272 e. The average Bonchev–Trinajstić information content (AvgIpc) is 3.46. The van der Waals surface area contributed by atoms with Crippen LogP contribution in [-0.2, 0) is 25.9 Å². The van der Waals surface area contributed by atoms with Crippen molar-refractivity contribution in [1.82, 2.24) is 24.6 Å². The fourth-order valence-corrected chi connectivity index (χ4v) is 4.69. The molecule has 162 valence electrons. The highest BCUT2D eigenvalue weighted by molar-refractivity contribution is 9.10. The monoisotopic (exact) mass is 489 g/mol. The molecule has 0 aliphatic heterocycles. The van der Waals surface area contributed by atoms with Crippen molar-refractivity contribution >= 4 is 21.8 Å². The highest BCUT2D eigenvalue weighted by Gasteiger charge is 2.25. The molecule has 0 fully saturated rings. The molecule has 32 heavy (non-hydrogen) atoms. The zero-order valence-corrected chi connectivity index (χ0v) is 19.3. The number of rotatable bonds is 6. The molecular formula is C25H24BrN5O. The molecule has 4 aromatic rings. The lowest BCUT2D eigenvalue weighted by Crippen LogP contribution is -2.24. The number of nitrogens with zero attached hydrogens (tertiary/aromatic N) is 4. The number of halogens is 1. The number of nitrogens with one attached hydrogen (secondary N) is 1. The number of carbonyl (C=O) groups excluding carboxylic acids is 1. The van der Waals surface area contributed by atoms with Crippen LogP contribution in [0.4, 0.5) is 0 Å². The number of hydrogen-bond acceptors (Lipinski definition) is 3.